The Labute approximate surface area is 158 Å². The molecular weight excluding hydrogens is 338 g/mol. The molecule has 2 amide bonds. The number of para-hydroxylation sites is 1. The van der Waals surface area contributed by atoms with Crippen molar-refractivity contribution in [3.05, 3.63) is 88.7 Å². The van der Waals surface area contributed by atoms with Crippen molar-refractivity contribution in [3.63, 3.8) is 0 Å². The summed E-state index contributed by atoms with van der Waals surface area (Å²) in [7, 11) is 0. The van der Waals surface area contributed by atoms with Gasteiger partial charge in [-0.1, -0.05) is 30.3 Å². The molecule has 5 heteroatoms. The van der Waals surface area contributed by atoms with Crippen LogP contribution in [0.25, 0.3) is 0 Å². The lowest BCUT2D eigenvalue weighted by Gasteiger charge is -2.11. The summed E-state index contributed by atoms with van der Waals surface area (Å²) in [4.78, 5) is 29.2. The van der Waals surface area contributed by atoms with E-state index in [-0.39, 0.29) is 17.5 Å². The maximum atomic E-state index is 12.6. The second kappa shape index (κ2) is 7.83. The number of anilines is 2. The highest BCUT2D eigenvalue weighted by atomic mass is 16.2. The molecule has 0 fully saturated rings. The maximum absolute atomic E-state index is 12.6. The first kappa shape index (κ1) is 18.3. The third-order valence-electron chi connectivity index (χ3n) is 4.29. The minimum absolute atomic E-state index is 0.187. The first-order chi connectivity index (χ1) is 12.9. The molecule has 0 radical (unpaired) electrons. The average Bonchev–Trinajstić information content (AvgIpc) is 2.66. The van der Waals surface area contributed by atoms with Crippen LogP contribution in [0.5, 0.6) is 0 Å². The minimum Gasteiger partial charge on any atom is -0.322 e. The molecule has 136 valence electrons. The normalized spacial score (nSPS) is 10.3. The summed E-state index contributed by atoms with van der Waals surface area (Å²) in [5, 5.41) is 5.72. The van der Waals surface area contributed by atoms with Crippen molar-refractivity contribution in [2.75, 3.05) is 10.6 Å². The van der Waals surface area contributed by atoms with Gasteiger partial charge in [0, 0.05) is 23.1 Å². The molecule has 0 aliphatic rings. The average molecular weight is 359 g/mol. The predicted octanol–water partition coefficient (Wildman–Crippen LogP) is 4.51. The van der Waals surface area contributed by atoms with Crippen molar-refractivity contribution >= 4 is 23.2 Å². The SMILES string of the molecule is Cc1ccc(C)c(NC(=O)c2ccnc(C(=O)Nc3ccccc3C)c2)c1. The Morgan fingerprint density at radius 2 is 1.48 bits per heavy atom. The number of rotatable bonds is 4. The zero-order chi connectivity index (χ0) is 19.4. The number of carbonyl (C=O) groups is 2. The number of hydrogen-bond donors (Lipinski definition) is 2. The van der Waals surface area contributed by atoms with Crippen LogP contribution in [0.3, 0.4) is 0 Å². The Morgan fingerprint density at radius 1 is 0.778 bits per heavy atom. The summed E-state index contributed by atoms with van der Waals surface area (Å²) in [6, 6.07) is 16.4. The molecule has 0 unspecified atom stereocenters. The molecular formula is C22H21N3O2. The predicted molar refractivity (Wildman–Crippen MR) is 107 cm³/mol. The van der Waals surface area contributed by atoms with E-state index in [1.807, 2.05) is 63.2 Å². The lowest BCUT2D eigenvalue weighted by atomic mass is 10.1. The van der Waals surface area contributed by atoms with Gasteiger partial charge >= 0.3 is 0 Å². The Balaban J connectivity index is 1.78. The fourth-order valence-corrected chi connectivity index (χ4v) is 2.66. The first-order valence-corrected chi connectivity index (χ1v) is 8.65. The standard InChI is InChI=1S/C22H21N3O2/c1-14-8-9-16(3)19(12-14)25-21(26)17-10-11-23-20(13-17)22(27)24-18-7-5-4-6-15(18)2/h4-13H,1-3H3,(H,24,27)(H,25,26). The van der Waals surface area contributed by atoms with E-state index in [1.165, 1.54) is 12.3 Å². The topological polar surface area (TPSA) is 71.1 Å². The van der Waals surface area contributed by atoms with Gasteiger partial charge in [-0.3, -0.25) is 14.6 Å². The van der Waals surface area contributed by atoms with Gasteiger partial charge in [0.15, 0.2) is 0 Å². The molecule has 27 heavy (non-hydrogen) atoms. The molecule has 1 aromatic heterocycles. The van der Waals surface area contributed by atoms with Crippen LogP contribution in [0, 0.1) is 20.8 Å². The van der Waals surface area contributed by atoms with Gasteiger partial charge in [0.1, 0.15) is 5.69 Å². The van der Waals surface area contributed by atoms with Crippen molar-refractivity contribution < 1.29 is 9.59 Å². The lowest BCUT2D eigenvalue weighted by Crippen LogP contribution is -2.17. The van der Waals surface area contributed by atoms with Crippen LogP contribution in [-0.4, -0.2) is 16.8 Å². The number of nitrogens with one attached hydrogen (secondary N) is 2. The second-order valence-corrected chi connectivity index (χ2v) is 6.47. The molecule has 0 atom stereocenters. The van der Waals surface area contributed by atoms with Gasteiger partial charge in [-0.2, -0.15) is 0 Å². The van der Waals surface area contributed by atoms with Gasteiger partial charge in [-0.15, -0.1) is 0 Å². The maximum Gasteiger partial charge on any atom is 0.274 e. The van der Waals surface area contributed by atoms with Crippen LogP contribution in [0.4, 0.5) is 11.4 Å². The molecule has 0 saturated heterocycles. The van der Waals surface area contributed by atoms with Gasteiger partial charge in [0.05, 0.1) is 0 Å². The smallest absolute Gasteiger partial charge is 0.274 e. The third kappa shape index (κ3) is 4.39. The number of amides is 2. The zero-order valence-corrected chi connectivity index (χ0v) is 15.5. The number of pyridine rings is 1. The number of aryl methyl sites for hydroxylation is 3. The van der Waals surface area contributed by atoms with E-state index < -0.39 is 0 Å². The van der Waals surface area contributed by atoms with E-state index in [0.29, 0.717) is 5.56 Å². The van der Waals surface area contributed by atoms with Crippen molar-refractivity contribution in [2.45, 2.75) is 20.8 Å². The van der Waals surface area contributed by atoms with Gasteiger partial charge in [0.25, 0.3) is 11.8 Å². The highest BCUT2D eigenvalue weighted by Gasteiger charge is 2.13. The van der Waals surface area contributed by atoms with E-state index >= 15 is 0 Å². The summed E-state index contributed by atoms with van der Waals surface area (Å²) in [6.45, 7) is 5.81. The van der Waals surface area contributed by atoms with Crippen LogP contribution < -0.4 is 10.6 Å². The Morgan fingerprint density at radius 3 is 2.26 bits per heavy atom. The van der Waals surface area contributed by atoms with Crippen molar-refractivity contribution in [3.8, 4) is 0 Å². The number of carbonyl (C=O) groups excluding carboxylic acids is 2. The summed E-state index contributed by atoms with van der Waals surface area (Å²) in [5.74, 6) is -0.637. The van der Waals surface area contributed by atoms with E-state index in [2.05, 4.69) is 15.6 Å². The highest BCUT2D eigenvalue weighted by molar-refractivity contribution is 6.08. The first-order valence-electron chi connectivity index (χ1n) is 8.65. The van der Waals surface area contributed by atoms with Crippen LogP contribution in [0.2, 0.25) is 0 Å². The molecule has 0 spiro atoms. The van der Waals surface area contributed by atoms with Crippen molar-refractivity contribution in [1.82, 2.24) is 4.98 Å². The van der Waals surface area contributed by atoms with Gasteiger partial charge < -0.3 is 10.6 Å². The molecule has 0 aliphatic carbocycles. The highest BCUT2D eigenvalue weighted by Crippen LogP contribution is 2.18. The van der Waals surface area contributed by atoms with Crippen molar-refractivity contribution in [1.29, 1.82) is 0 Å². The largest absolute Gasteiger partial charge is 0.322 e. The molecule has 0 saturated carbocycles. The second-order valence-electron chi connectivity index (χ2n) is 6.47. The molecule has 2 N–H and O–H groups in total. The van der Waals surface area contributed by atoms with Gasteiger partial charge in [-0.25, -0.2) is 0 Å². The Bertz CT molecular complexity index is 1010. The Hall–Kier alpha value is -3.47. The van der Waals surface area contributed by atoms with Gasteiger partial charge in [-0.05, 0) is 61.7 Å². The van der Waals surface area contributed by atoms with Crippen LogP contribution in [0.15, 0.2) is 60.8 Å². The van der Waals surface area contributed by atoms with Crippen LogP contribution >= 0.6 is 0 Å². The summed E-state index contributed by atoms with van der Waals surface area (Å²) in [5.41, 5.74) is 5.02. The van der Waals surface area contributed by atoms with E-state index in [1.54, 1.807) is 6.07 Å². The zero-order valence-electron chi connectivity index (χ0n) is 15.5. The molecule has 0 bridgehead atoms. The lowest BCUT2D eigenvalue weighted by molar-refractivity contribution is 0.102. The van der Waals surface area contributed by atoms with Crippen molar-refractivity contribution in [2.24, 2.45) is 0 Å². The molecule has 3 aromatic rings. The number of aromatic nitrogens is 1. The Kier molecular flexibility index (Phi) is 5.31. The molecule has 1 heterocycles. The quantitative estimate of drug-likeness (QED) is 0.720. The number of nitrogens with zero attached hydrogens (tertiary/aromatic N) is 1. The minimum atomic E-state index is -0.356. The summed E-state index contributed by atoms with van der Waals surface area (Å²) < 4.78 is 0. The monoisotopic (exact) mass is 359 g/mol. The van der Waals surface area contributed by atoms with Crippen LogP contribution in [-0.2, 0) is 0 Å². The van der Waals surface area contributed by atoms with Gasteiger partial charge in [0.2, 0.25) is 0 Å². The molecule has 0 aliphatic heterocycles. The summed E-state index contributed by atoms with van der Waals surface area (Å²) >= 11 is 0. The number of benzene rings is 2. The van der Waals surface area contributed by atoms with E-state index in [4.69, 9.17) is 0 Å². The molecule has 3 rings (SSSR count). The molecule has 5 nitrogen and oxygen atoms in total. The number of hydrogen-bond acceptors (Lipinski definition) is 3. The summed E-state index contributed by atoms with van der Waals surface area (Å²) in [6.07, 6.45) is 1.46. The van der Waals surface area contributed by atoms with E-state index in [9.17, 15) is 9.59 Å². The van der Waals surface area contributed by atoms with E-state index in [0.717, 1.165) is 28.1 Å². The molecule has 2 aromatic carbocycles. The fourth-order valence-electron chi connectivity index (χ4n) is 2.66. The fraction of sp³-hybridized carbons (Fsp3) is 0.136. The third-order valence-corrected chi connectivity index (χ3v) is 4.29. The van der Waals surface area contributed by atoms with Crippen LogP contribution in [0.1, 0.15) is 37.5 Å².